The molecule has 4 rings (SSSR count). The lowest BCUT2D eigenvalue weighted by molar-refractivity contribution is 0.581. The van der Waals surface area contributed by atoms with Crippen LogP contribution in [0.4, 0.5) is 0 Å². The van der Waals surface area contributed by atoms with E-state index in [2.05, 4.69) is 4.72 Å². The highest BCUT2D eigenvalue weighted by molar-refractivity contribution is 7.89. The number of rotatable bonds is 6. The van der Waals surface area contributed by atoms with Gasteiger partial charge in [0.1, 0.15) is 0 Å². The maximum absolute atomic E-state index is 12.7. The number of hydrogen-bond donors (Lipinski definition) is 1. The Labute approximate surface area is 177 Å². The highest BCUT2D eigenvalue weighted by Gasteiger charge is 2.17. The van der Waals surface area contributed by atoms with Gasteiger partial charge in [0, 0.05) is 11.6 Å². The highest BCUT2D eigenvalue weighted by atomic mass is 35.5. The molecule has 4 aromatic rings. The summed E-state index contributed by atoms with van der Waals surface area (Å²) in [6.45, 7) is 0.601. The highest BCUT2D eigenvalue weighted by Crippen LogP contribution is 2.23. The predicted octanol–water partition coefficient (Wildman–Crippen LogP) is 4.24. The lowest BCUT2D eigenvalue weighted by Gasteiger charge is -2.08. The number of aromatic nitrogens is 1. The topological polar surface area (TPSA) is 68.2 Å². The fraction of sp³-hybridized carbons (Fsp3) is 0.0952. The van der Waals surface area contributed by atoms with E-state index in [-0.39, 0.29) is 16.3 Å². The molecule has 148 valence electrons. The molecule has 0 aliphatic heterocycles. The van der Waals surface area contributed by atoms with Crippen LogP contribution >= 0.6 is 22.9 Å². The Bertz CT molecular complexity index is 1310. The Hall–Kier alpha value is -2.45. The number of halogens is 1. The van der Waals surface area contributed by atoms with E-state index in [1.54, 1.807) is 28.8 Å². The van der Waals surface area contributed by atoms with Crippen molar-refractivity contribution >= 4 is 43.2 Å². The van der Waals surface area contributed by atoms with E-state index in [4.69, 9.17) is 11.6 Å². The van der Waals surface area contributed by atoms with Gasteiger partial charge in [-0.05, 0) is 41.5 Å². The number of benzene rings is 3. The second-order valence-corrected chi connectivity index (χ2v) is 9.72. The lowest BCUT2D eigenvalue weighted by Crippen LogP contribution is -2.23. The summed E-state index contributed by atoms with van der Waals surface area (Å²) in [7, 11) is -3.69. The molecule has 29 heavy (non-hydrogen) atoms. The molecule has 0 radical (unpaired) electrons. The van der Waals surface area contributed by atoms with Crippen LogP contribution in [0.15, 0.2) is 82.5 Å². The van der Waals surface area contributed by atoms with Crippen LogP contribution in [-0.2, 0) is 23.1 Å². The Morgan fingerprint density at radius 3 is 2.38 bits per heavy atom. The van der Waals surface area contributed by atoms with Crippen LogP contribution in [0.2, 0.25) is 5.02 Å². The van der Waals surface area contributed by atoms with Crippen LogP contribution in [0.25, 0.3) is 10.2 Å². The number of thiazole rings is 1. The standard InChI is InChI=1S/C21H17ClN2O3S2/c22-17-8-6-16(7-9-17)14-24-19-11-10-18(12-20(19)28-21(24)25)29(26,27)23-13-15-4-2-1-3-5-15/h1-12,23H,13-14H2. The summed E-state index contributed by atoms with van der Waals surface area (Å²) in [6, 6.07) is 21.3. The van der Waals surface area contributed by atoms with Gasteiger partial charge in [-0.1, -0.05) is 65.4 Å². The van der Waals surface area contributed by atoms with Gasteiger partial charge in [-0.15, -0.1) is 0 Å². The summed E-state index contributed by atoms with van der Waals surface area (Å²) in [5.41, 5.74) is 2.52. The molecule has 0 bridgehead atoms. The molecule has 0 amide bonds. The van der Waals surface area contributed by atoms with Crippen LogP contribution < -0.4 is 9.60 Å². The third kappa shape index (κ3) is 4.43. The van der Waals surface area contributed by atoms with Gasteiger partial charge in [-0.3, -0.25) is 9.36 Å². The summed E-state index contributed by atoms with van der Waals surface area (Å²) in [5.74, 6) is 0. The molecule has 0 unspecified atom stereocenters. The summed E-state index contributed by atoms with van der Waals surface area (Å²) >= 11 is 6.95. The van der Waals surface area contributed by atoms with Gasteiger partial charge >= 0.3 is 4.87 Å². The molecule has 5 nitrogen and oxygen atoms in total. The van der Waals surface area contributed by atoms with Gasteiger partial charge in [0.2, 0.25) is 10.0 Å². The minimum Gasteiger partial charge on any atom is -0.294 e. The van der Waals surface area contributed by atoms with E-state index in [9.17, 15) is 13.2 Å². The summed E-state index contributed by atoms with van der Waals surface area (Å²) < 4.78 is 30.2. The quantitative estimate of drug-likeness (QED) is 0.483. The normalized spacial score (nSPS) is 11.8. The van der Waals surface area contributed by atoms with Crippen molar-refractivity contribution in [2.45, 2.75) is 18.0 Å². The molecule has 3 aromatic carbocycles. The largest absolute Gasteiger partial charge is 0.308 e. The van der Waals surface area contributed by atoms with E-state index in [0.717, 1.165) is 22.5 Å². The van der Waals surface area contributed by atoms with Crippen molar-refractivity contribution in [1.82, 2.24) is 9.29 Å². The molecule has 1 aromatic heterocycles. The van der Waals surface area contributed by atoms with Crippen LogP contribution in [-0.4, -0.2) is 13.0 Å². The van der Waals surface area contributed by atoms with Crippen molar-refractivity contribution < 1.29 is 8.42 Å². The Morgan fingerprint density at radius 2 is 1.66 bits per heavy atom. The minimum atomic E-state index is -3.69. The van der Waals surface area contributed by atoms with Crippen LogP contribution in [0, 0.1) is 0 Å². The Balaban J connectivity index is 1.61. The zero-order valence-electron chi connectivity index (χ0n) is 15.2. The fourth-order valence-electron chi connectivity index (χ4n) is 2.99. The first-order valence-corrected chi connectivity index (χ1v) is 11.5. The molecular weight excluding hydrogens is 428 g/mol. The smallest absolute Gasteiger partial charge is 0.294 e. The minimum absolute atomic E-state index is 0.137. The van der Waals surface area contributed by atoms with E-state index < -0.39 is 10.0 Å². The van der Waals surface area contributed by atoms with Crippen molar-refractivity contribution in [3.63, 3.8) is 0 Å². The van der Waals surface area contributed by atoms with Crippen LogP contribution in [0.3, 0.4) is 0 Å². The first-order valence-electron chi connectivity index (χ1n) is 8.84. The zero-order chi connectivity index (χ0) is 20.4. The van der Waals surface area contributed by atoms with Gasteiger partial charge in [0.05, 0.1) is 21.7 Å². The van der Waals surface area contributed by atoms with E-state index in [1.165, 1.54) is 6.07 Å². The lowest BCUT2D eigenvalue weighted by atomic mass is 10.2. The van der Waals surface area contributed by atoms with Crippen molar-refractivity contribution in [3.05, 3.63) is 98.6 Å². The zero-order valence-corrected chi connectivity index (χ0v) is 17.6. The van der Waals surface area contributed by atoms with Crippen LogP contribution in [0.1, 0.15) is 11.1 Å². The van der Waals surface area contributed by atoms with E-state index in [1.807, 2.05) is 42.5 Å². The fourth-order valence-corrected chi connectivity index (χ4v) is 5.17. The third-order valence-corrected chi connectivity index (χ3v) is 7.11. The SMILES string of the molecule is O=c1sc2cc(S(=O)(=O)NCc3ccccc3)ccc2n1Cc1ccc(Cl)cc1. The Morgan fingerprint density at radius 1 is 0.931 bits per heavy atom. The van der Waals surface area contributed by atoms with Crippen molar-refractivity contribution in [3.8, 4) is 0 Å². The molecule has 0 saturated carbocycles. The predicted molar refractivity (Wildman–Crippen MR) is 117 cm³/mol. The number of nitrogens with one attached hydrogen (secondary N) is 1. The Kier molecular flexibility index (Phi) is 5.56. The van der Waals surface area contributed by atoms with E-state index >= 15 is 0 Å². The monoisotopic (exact) mass is 444 g/mol. The molecule has 0 fully saturated rings. The summed E-state index contributed by atoms with van der Waals surface area (Å²) in [5, 5.41) is 0.633. The molecular formula is C21H17ClN2O3S2. The molecule has 8 heteroatoms. The van der Waals surface area contributed by atoms with Gasteiger partial charge in [0.25, 0.3) is 0 Å². The second-order valence-electron chi connectivity index (χ2n) is 6.52. The average Bonchev–Trinajstić information content (AvgIpc) is 3.03. The summed E-state index contributed by atoms with van der Waals surface area (Å²) in [6.07, 6.45) is 0. The third-order valence-electron chi connectivity index (χ3n) is 4.51. The average molecular weight is 445 g/mol. The molecule has 0 atom stereocenters. The number of fused-ring (bicyclic) bond motifs is 1. The van der Waals surface area contributed by atoms with Gasteiger partial charge in [-0.25, -0.2) is 13.1 Å². The molecule has 0 aliphatic rings. The van der Waals surface area contributed by atoms with Crippen molar-refractivity contribution in [2.24, 2.45) is 0 Å². The maximum Gasteiger partial charge on any atom is 0.308 e. The molecule has 0 saturated heterocycles. The van der Waals surface area contributed by atoms with Crippen LogP contribution in [0.5, 0.6) is 0 Å². The number of sulfonamides is 1. The van der Waals surface area contributed by atoms with Gasteiger partial charge in [-0.2, -0.15) is 0 Å². The first-order chi connectivity index (χ1) is 13.9. The summed E-state index contributed by atoms with van der Waals surface area (Å²) in [4.78, 5) is 12.5. The molecule has 0 aliphatic carbocycles. The molecule has 0 spiro atoms. The first kappa shape index (κ1) is 19.8. The number of hydrogen-bond acceptors (Lipinski definition) is 4. The van der Waals surface area contributed by atoms with Crippen molar-refractivity contribution in [2.75, 3.05) is 0 Å². The second kappa shape index (κ2) is 8.12. The number of nitrogens with zero attached hydrogens (tertiary/aromatic N) is 1. The van der Waals surface area contributed by atoms with Gasteiger partial charge < -0.3 is 0 Å². The van der Waals surface area contributed by atoms with Crippen molar-refractivity contribution in [1.29, 1.82) is 0 Å². The van der Waals surface area contributed by atoms with E-state index in [0.29, 0.717) is 21.8 Å². The molecule has 1 heterocycles. The van der Waals surface area contributed by atoms with Gasteiger partial charge in [0.15, 0.2) is 0 Å². The maximum atomic E-state index is 12.7. The molecule has 1 N–H and O–H groups in total.